The molecule has 0 amide bonds. The SMILES string of the molecule is CO/C=C(/C(=O)OC)c1sc2nc(-c3ccc(F)cc3F)nn2c1C. The highest BCUT2D eigenvalue weighted by Gasteiger charge is 2.23. The highest BCUT2D eigenvalue weighted by molar-refractivity contribution is 7.18. The Morgan fingerprint density at radius 3 is 2.68 bits per heavy atom. The van der Waals surface area contributed by atoms with E-state index in [1.54, 1.807) is 6.92 Å². The van der Waals surface area contributed by atoms with Gasteiger partial charge in [-0.05, 0) is 19.1 Å². The van der Waals surface area contributed by atoms with Crippen LogP contribution in [-0.2, 0) is 14.3 Å². The second-order valence-corrected chi connectivity index (χ2v) is 6.01. The number of thiazole rings is 1. The van der Waals surface area contributed by atoms with Gasteiger partial charge >= 0.3 is 5.97 Å². The molecule has 0 radical (unpaired) electrons. The van der Waals surface area contributed by atoms with E-state index in [9.17, 15) is 13.6 Å². The molecule has 0 spiro atoms. The van der Waals surface area contributed by atoms with Gasteiger partial charge in [-0.1, -0.05) is 11.3 Å². The highest BCUT2D eigenvalue weighted by Crippen LogP contribution is 2.31. The number of nitrogens with zero attached hydrogens (tertiary/aromatic N) is 3. The maximum absolute atomic E-state index is 13.9. The third-order valence-corrected chi connectivity index (χ3v) is 4.64. The first kappa shape index (κ1) is 17.0. The molecule has 2 heterocycles. The van der Waals surface area contributed by atoms with E-state index in [2.05, 4.69) is 10.1 Å². The fourth-order valence-corrected chi connectivity index (χ4v) is 3.36. The van der Waals surface area contributed by atoms with Crippen LogP contribution in [0.3, 0.4) is 0 Å². The molecule has 0 bridgehead atoms. The van der Waals surface area contributed by atoms with Gasteiger partial charge in [0.05, 0.1) is 36.6 Å². The molecule has 0 saturated carbocycles. The van der Waals surface area contributed by atoms with Crippen molar-refractivity contribution in [2.75, 3.05) is 14.2 Å². The molecule has 0 fully saturated rings. The predicted octanol–water partition coefficient (Wildman–Crippen LogP) is 3.20. The molecule has 3 aromatic rings. The molecule has 130 valence electrons. The molecule has 6 nitrogen and oxygen atoms in total. The number of rotatable bonds is 4. The van der Waals surface area contributed by atoms with E-state index < -0.39 is 17.6 Å². The Morgan fingerprint density at radius 2 is 2.08 bits per heavy atom. The fourth-order valence-electron chi connectivity index (χ4n) is 2.30. The molecule has 0 unspecified atom stereocenters. The molecule has 3 rings (SSSR count). The molecule has 1 aromatic carbocycles. The molecule has 0 aliphatic carbocycles. The van der Waals surface area contributed by atoms with Crippen LogP contribution in [0.5, 0.6) is 0 Å². The lowest BCUT2D eigenvalue weighted by Gasteiger charge is -2.03. The molecule has 0 saturated heterocycles. The van der Waals surface area contributed by atoms with Crippen molar-refractivity contribution >= 4 is 27.8 Å². The molecule has 0 N–H and O–H groups in total. The van der Waals surface area contributed by atoms with Gasteiger partial charge in [0.1, 0.15) is 17.2 Å². The van der Waals surface area contributed by atoms with Gasteiger partial charge in [-0.25, -0.2) is 18.1 Å². The van der Waals surface area contributed by atoms with E-state index in [4.69, 9.17) is 9.47 Å². The van der Waals surface area contributed by atoms with Crippen LogP contribution in [0.4, 0.5) is 8.78 Å². The standard InChI is InChI=1S/C16H13F2N3O3S/c1-8-13(11(7-23-2)15(22)24-3)25-16-19-14(20-21(8)16)10-5-4-9(17)6-12(10)18/h4-7H,1-3H3/b11-7+. The van der Waals surface area contributed by atoms with E-state index in [1.807, 2.05) is 0 Å². The zero-order valence-corrected chi connectivity index (χ0v) is 14.4. The monoisotopic (exact) mass is 365 g/mol. The zero-order valence-electron chi connectivity index (χ0n) is 13.5. The number of aryl methyl sites for hydroxylation is 1. The lowest BCUT2D eigenvalue weighted by molar-refractivity contribution is -0.133. The Bertz CT molecular complexity index is 994. The minimum absolute atomic E-state index is 0.0962. The molecule has 0 aliphatic heterocycles. The van der Waals surface area contributed by atoms with Crippen molar-refractivity contribution in [2.24, 2.45) is 0 Å². The van der Waals surface area contributed by atoms with Crippen molar-refractivity contribution in [1.29, 1.82) is 0 Å². The van der Waals surface area contributed by atoms with Crippen LogP contribution in [0.2, 0.25) is 0 Å². The predicted molar refractivity (Wildman–Crippen MR) is 88.0 cm³/mol. The van der Waals surface area contributed by atoms with Gasteiger partial charge in [0.2, 0.25) is 4.96 Å². The third kappa shape index (κ3) is 2.98. The smallest absolute Gasteiger partial charge is 0.342 e. The summed E-state index contributed by atoms with van der Waals surface area (Å²) in [5, 5.41) is 4.25. The minimum atomic E-state index is -0.745. The first-order chi connectivity index (χ1) is 12.0. The molecule has 2 aromatic heterocycles. The number of fused-ring (bicyclic) bond motifs is 1. The van der Waals surface area contributed by atoms with Crippen molar-refractivity contribution in [3.05, 3.63) is 46.7 Å². The number of ether oxygens (including phenoxy) is 2. The van der Waals surface area contributed by atoms with Crippen molar-refractivity contribution in [3.63, 3.8) is 0 Å². The summed E-state index contributed by atoms with van der Waals surface area (Å²) in [7, 11) is 2.69. The maximum Gasteiger partial charge on any atom is 0.342 e. The second kappa shape index (κ2) is 6.60. The Hall–Kier alpha value is -2.81. The van der Waals surface area contributed by atoms with E-state index in [-0.39, 0.29) is 17.0 Å². The number of aromatic nitrogens is 3. The van der Waals surface area contributed by atoms with Gasteiger partial charge in [-0.2, -0.15) is 4.98 Å². The van der Waals surface area contributed by atoms with Crippen molar-refractivity contribution < 1.29 is 23.0 Å². The lowest BCUT2D eigenvalue weighted by atomic mass is 10.2. The number of methoxy groups -OCH3 is 2. The van der Waals surface area contributed by atoms with Gasteiger partial charge in [0, 0.05) is 6.07 Å². The number of hydrogen-bond donors (Lipinski definition) is 0. The summed E-state index contributed by atoms with van der Waals surface area (Å²) in [6.45, 7) is 1.74. The maximum atomic E-state index is 13.9. The third-order valence-electron chi connectivity index (χ3n) is 3.47. The Labute approximate surface area is 145 Å². The molecule has 9 heteroatoms. The number of hydrogen-bond acceptors (Lipinski definition) is 6. The summed E-state index contributed by atoms with van der Waals surface area (Å²) >= 11 is 1.18. The van der Waals surface area contributed by atoms with Gasteiger partial charge < -0.3 is 9.47 Å². The van der Waals surface area contributed by atoms with Crippen molar-refractivity contribution in [2.45, 2.75) is 6.92 Å². The van der Waals surface area contributed by atoms with Crippen LogP contribution in [0.25, 0.3) is 21.9 Å². The van der Waals surface area contributed by atoms with Crippen molar-refractivity contribution in [3.8, 4) is 11.4 Å². The van der Waals surface area contributed by atoms with Crippen LogP contribution in [0, 0.1) is 18.6 Å². The molecule has 0 atom stereocenters. The number of benzene rings is 1. The summed E-state index contributed by atoms with van der Waals surface area (Å²) in [4.78, 5) is 17.2. The summed E-state index contributed by atoms with van der Waals surface area (Å²) in [6.07, 6.45) is 1.28. The highest BCUT2D eigenvalue weighted by atomic mass is 32.1. The van der Waals surface area contributed by atoms with Crippen LogP contribution < -0.4 is 0 Å². The molecule has 0 aliphatic rings. The van der Waals surface area contributed by atoms with E-state index in [0.717, 1.165) is 12.1 Å². The van der Waals surface area contributed by atoms with Gasteiger partial charge in [0.25, 0.3) is 0 Å². The van der Waals surface area contributed by atoms with Crippen LogP contribution in [0.1, 0.15) is 10.6 Å². The number of esters is 1. The number of halogens is 2. The summed E-state index contributed by atoms with van der Waals surface area (Å²) in [6, 6.07) is 3.20. The molecular weight excluding hydrogens is 352 g/mol. The van der Waals surface area contributed by atoms with E-state index >= 15 is 0 Å². The normalized spacial score (nSPS) is 11.8. The van der Waals surface area contributed by atoms with Crippen molar-refractivity contribution in [1.82, 2.24) is 14.6 Å². The van der Waals surface area contributed by atoms with Gasteiger partial charge in [-0.15, -0.1) is 5.10 Å². The fraction of sp³-hybridized carbons (Fsp3) is 0.188. The summed E-state index contributed by atoms with van der Waals surface area (Å²) < 4.78 is 38.1. The second-order valence-electron chi connectivity index (χ2n) is 5.03. The topological polar surface area (TPSA) is 65.7 Å². The van der Waals surface area contributed by atoms with Crippen LogP contribution >= 0.6 is 11.3 Å². The summed E-state index contributed by atoms with van der Waals surface area (Å²) in [5.74, 6) is -1.84. The number of carbonyl (C=O) groups is 1. The molecule has 25 heavy (non-hydrogen) atoms. The van der Waals surface area contributed by atoms with E-state index in [1.165, 1.54) is 42.4 Å². The largest absolute Gasteiger partial charge is 0.503 e. The average Bonchev–Trinajstić information content (AvgIpc) is 3.12. The van der Waals surface area contributed by atoms with Gasteiger partial charge in [0.15, 0.2) is 5.82 Å². The first-order valence-electron chi connectivity index (χ1n) is 7.09. The molecular formula is C16H13F2N3O3S. The average molecular weight is 365 g/mol. The minimum Gasteiger partial charge on any atom is -0.503 e. The lowest BCUT2D eigenvalue weighted by Crippen LogP contribution is -2.05. The van der Waals surface area contributed by atoms with Crippen LogP contribution in [-0.4, -0.2) is 34.8 Å². The Kier molecular flexibility index (Phi) is 4.49. The number of carbonyl (C=O) groups excluding carboxylic acids is 1. The van der Waals surface area contributed by atoms with Gasteiger partial charge in [-0.3, -0.25) is 0 Å². The summed E-state index contributed by atoms with van der Waals surface area (Å²) in [5.41, 5.74) is 0.947. The Morgan fingerprint density at radius 1 is 1.32 bits per heavy atom. The first-order valence-corrected chi connectivity index (χ1v) is 7.91. The van der Waals surface area contributed by atoms with Crippen LogP contribution in [0.15, 0.2) is 24.5 Å². The quantitative estimate of drug-likeness (QED) is 0.404. The Balaban J connectivity index is 2.10. The zero-order chi connectivity index (χ0) is 18.1. The van der Waals surface area contributed by atoms with E-state index in [0.29, 0.717) is 15.5 Å².